The molecule has 1 N–H and O–H groups in total. The third-order valence-electron chi connectivity index (χ3n) is 1.66. The number of rotatable bonds is 3. The maximum absolute atomic E-state index is 9.34. The molecule has 0 amide bonds. The highest BCUT2D eigenvalue weighted by molar-refractivity contribution is 5.34. The Hall–Kier alpha value is -1.53. The number of aliphatic hydroxyl groups is 1. The van der Waals surface area contributed by atoms with Crippen LogP contribution < -0.4 is 4.74 Å². The maximum Gasteiger partial charge on any atom is 0.174 e. The van der Waals surface area contributed by atoms with Crippen LogP contribution in [0.3, 0.4) is 0 Å². The molecule has 0 saturated carbocycles. The molecule has 0 bridgehead atoms. The van der Waals surface area contributed by atoms with Crippen LogP contribution in [0.1, 0.15) is 18.6 Å². The van der Waals surface area contributed by atoms with Crippen molar-refractivity contribution in [1.29, 1.82) is 5.26 Å². The van der Waals surface area contributed by atoms with E-state index in [1.807, 2.05) is 12.1 Å². The third kappa shape index (κ3) is 2.46. The molecule has 0 aliphatic heterocycles. The van der Waals surface area contributed by atoms with Crippen LogP contribution in [-0.2, 0) is 0 Å². The van der Waals surface area contributed by atoms with Crippen LogP contribution in [0.15, 0.2) is 24.3 Å². The Morgan fingerprint density at radius 3 is 2.85 bits per heavy atom. The summed E-state index contributed by atoms with van der Waals surface area (Å²) in [6.45, 7) is 1.66. The summed E-state index contributed by atoms with van der Waals surface area (Å²) < 4.78 is 5.13. The molecule has 1 aromatic carbocycles. The first-order chi connectivity index (χ1) is 6.25. The first-order valence-corrected chi connectivity index (χ1v) is 4.02. The lowest BCUT2D eigenvalue weighted by atomic mass is 10.1. The minimum Gasteiger partial charge on any atom is -0.478 e. The fourth-order valence-electron chi connectivity index (χ4n) is 1.07. The lowest BCUT2D eigenvalue weighted by Gasteiger charge is -2.10. The standard InChI is InChI=1S/C10H11NO2/c1-8(12)9-4-2-3-5-10(9)13-7-6-11/h2-5,8,12H,7H2,1H3/t8-/m0/s1. The van der Waals surface area contributed by atoms with E-state index in [-0.39, 0.29) is 6.61 Å². The molecule has 3 heteroatoms. The number of aliphatic hydroxyl groups excluding tert-OH is 1. The number of hydrogen-bond acceptors (Lipinski definition) is 3. The molecule has 0 aliphatic rings. The van der Waals surface area contributed by atoms with E-state index in [1.54, 1.807) is 25.1 Å². The van der Waals surface area contributed by atoms with Crippen molar-refractivity contribution in [3.8, 4) is 11.8 Å². The van der Waals surface area contributed by atoms with Gasteiger partial charge in [-0.1, -0.05) is 18.2 Å². The van der Waals surface area contributed by atoms with Gasteiger partial charge in [-0.2, -0.15) is 5.26 Å². The van der Waals surface area contributed by atoms with Gasteiger partial charge < -0.3 is 9.84 Å². The van der Waals surface area contributed by atoms with E-state index in [1.165, 1.54) is 0 Å². The topological polar surface area (TPSA) is 53.2 Å². The van der Waals surface area contributed by atoms with E-state index in [0.29, 0.717) is 11.3 Å². The lowest BCUT2D eigenvalue weighted by molar-refractivity contribution is 0.193. The first-order valence-electron chi connectivity index (χ1n) is 4.02. The summed E-state index contributed by atoms with van der Waals surface area (Å²) in [5.74, 6) is 0.569. The summed E-state index contributed by atoms with van der Waals surface area (Å²) in [7, 11) is 0. The molecule has 1 rings (SSSR count). The van der Waals surface area contributed by atoms with E-state index >= 15 is 0 Å². The molecule has 1 aromatic rings. The highest BCUT2D eigenvalue weighted by Gasteiger charge is 2.07. The second-order valence-corrected chi connectivity index (χ2v) is 2.66. The number of nitriles is 1. The lowest BCUT2D eigenvalue weighted by Crippen LogP contribution is -1.99. The van der Waals surface area contributed by atoms with Gasteiger partial charge in [0.25, 0.3) is 0 Å². The van der Waals surface area contributed by atoms with Crippen LogP contribution in [0, 0.1) is 11.3 Å². The van der Waals surface area contributed by atoms with Gasteiger partial charge in [0, 0.05) is 5.56 Å². The fourth-order valence-corrected chi connectivity index (χ4v) is 1.07. The zero-order chi connectivity index (χ0) is 9.68. The van der Waals surface area contributed by atoms with Crippen LogP contribution in [0.2, 0.25) is 0 Å². The molecule has 0 aliphatic carbocycles. The second kappa shape index (κ2) is 4.48. The van der Waals surface area contributed by atoms with Crippen molar-refractivity contribution in [1.82, 2.24) is 0 Å². The van der Waals surface area contributed by atoms with Crippen molar-refractivity contribution in [2.75, 3.05) is 6.61 Å². The van der Waals surface area contributed by atoms with Crippen LogP contribution in [0.25, 0.3) is 0 Å². The van der Waals surface area contributed by atoms with Gasteiger partial charge in [-0.15, -0.1) is 0 Å². The highest BCUT2D eigenvalue weighted by atomic mass is 16.5. The summed E-state index contributed by atoms with van der Waals surface area (Å²) in [6.07, 6.45) is -0.574. The molecule has 0 aromatic heterocycles. The van der Waals surface area contributed by atoms with Crippen LogP contribution in [0.4, 0.5) is 0 Å². The molecule has 13 heavy (non-hydrogen) atoms. The molecule has 68 valence electrons. The first kappa shape index (κ1) is 9.56. The summed E-state index contributed by atoms with van der Waals surface area (Å²) in [5.41, 5.74) is 0.706. The average Bonchev–Trinajstić information content (AvgIpc) is 2.15. The average molecular weight is 177 g/mol. The predicted octanol–water partition coefficient (Wildman–Crippen LogP) is 1.64. The van der Waals surface area contributed by atoms with E-state index in [0.717, 1.165) is 0 Å². The van der Waals surface area contributed by atoms with Crippen molar-refractivity contribution < 1.29 is 9.84 Å². The number of para-hydroxylation sites is 1. The zero-order valence-corrected chi connectivity index (χ0v) is 7.40. The molecule has 0 radical (unpaired) electrons. The van der Waals surface area contributed by atoms with Crippen molar-refractivity contribution in [2.24, 2.45) is 0 Å². The van der Waals surface area contributed by atoms with Crippen LogP contribution >= 0.6 is 0 Å². The van der Waals surface area contributed by atoms with E-state index < -0.39 is 6.10 Å². The maximum atomic E-state index is 9.34. The molecular formula is C10H11NO2. The molecule has 3 nitrogen and oxygen atoms in total. The highest BCUT2D eigenvalue weighted by Crippen LogP contribution is 2.24. The van der Waals surface area contributed by atoms with Crippen LogP contribution in [-0.4, -0.2) is 11.7 Å². The Bertz CT molecular complexity index is 315. The van der Waals surface area contributed by atoms with E-state index in [9.17, 15) is 5.11 Å². The van der Waals surface area contributed by atoms with Crippen LogP contribution in [0.5, 0.6) is 5.75 Å². The monoisotopic (exact) mass is 177 g/mol. The van der Waals surface area contributed by atoms with Crippen molar-refractivity contribution in [2.45, 2.75) is 13.0 Å². The molecule has 0 spiro atoms. The van der Waals surface area contributed by atoms with E-state index in [2.05, 4.69) is 0 Å². The molecular weight excluding hydrogens is 166 g/mol. The quantitative estimate of drug-likeness (QED) is 0.763. The van der Waals surface area contributed by atoms with Crippen molar-refractivity contribution in [3.63, 3.8) is 0 Å². The van der Waals surface area contributed by atoms with Crippen molar-refractivity contribution in [3.05, 3.63) is 29.8 Å². The summed E-state index contributed by atoms with van der Waals surface area (Å²) >= 11 is 0. The normalized spacial score (nSPS) is 11.8. The van der Waals surface area contributed by atoms with Gasteiger partial charge in [0.15, 0.2) is 6.61 Å². The predicted molar refractivity (Wildman–Crippen MR) is 48.2 cm³/mol. The smallest absolute Gasteiger partial charge is 0.174 e. The summed E-state index contributed by atoms with van der Waals surface area (Å²) in [6, 6.07) is 9.01. The third-order valence-corrected chi connectivity index (χ3v) is 1.66. The molecule has 1 atom stereocenters. The van der Waals surface area contributed by atoms with Gasteiger partial charge in [-0.05, 0) is 13.0 Å². The Kier molecular flexibility index (Phi) is 3.30. The second-order valence-electron chi connectivity index (χ2n) is 2.66. The minimum absolute atomic E-state index is 0.00370. The number of hydrogen-bond donors (Lipinski definition) is 1. The Labute approximate surface area is 77.2 Å². The Morgan fingerprint density at radius 2 is 2.23 bits per heavy atom. The van der Waals surface area contributed by atoms with E-state index in [4.69, 9.17) is 10.00 Å². The zero-order valence-electron chi connectivity index (χ0n) is 7.40. The summed E-state index contributed by atoms with van der Waals surface area (Å²) in [5, 5.41) is 17.7. The van der Waals surface area contributed by atoms with Crippen molar-refractivity contribution >= 4 is 0 Å². The number of ether oxygens (including phenoxy) is 1. The molecule has 0 heterocycles. The van der Waals surface area contributed by atoms with Gasteiger partial charge in [0.1, 0.15) is 11.8 Å². The van der Waals surface area contributed by atoms with Gasteiger partial charge in [0.2, 0.25) is 0 Å². The Morgan fingerprint density at radius 1 is 1.54 bits per heavy atom. The number of benzene rings is 1. The SMILES string of the molecule is C[C@H](O)c1ccccc1OCC#N. The van der Waals surface area contributed by atoms with Gasteiger partial charge >= 0.3 is 0 Å². The molecule has 0 saturated heterocycles. The van der Waals surface area contributed by atoms with Gasteiger partial charge in [-0.3, -0.25) is 0 Å². The van der Waals surface area contributed by atoms with Gasteiger partial charge in [-0.25, -0.2) is 0 Å². The minimum atomic E-state index is -0.574. The fraction of sp³-hybridized carbons (Fsp3) is 0.300. The Balaban J connectivity index is 2.86. The molecule has 0 fully saturated rings. The number of nitrogens with zero attached hydrogens (tertiary/aromatic N) is 1. The summed E-state index contributed by atoms with van der Waals surface area (Å²) in [4.78, 5) is 0. The van der Waals surface area contributed by atoms with Gasteiger partial charge in [0.05, 0.1) is 6.10 Å². The largest absolute Gasteiger partial charge is 0.478 e. The molecule has 0 unspecified atom stereocenters.